The van der Waals surface area contributed by atoms with Crippen molar-refractivity contribution in [1.29, 1.82) is 5.26 Å². The summed E-state index contributed by atoms with van der Waals surface area (Å²) in [4.78, 5) is 16.9. The number of anilines is 1. The fourth-order valence-corrected chi connectivity index (χ4v) is 4.32. The molecule has 4 aromatic rings. The Hall–Kier alpha value is -4.39. The second-order valence-electron chi connectivity index (χ2n) is 7.96. The molecule has 0 fully saturated rings. The molecule has 0 radical (unpaired) electrons. The predicted octanol–water partition coefficient (Wildman–Crippen LogP) is 2.61. The maximum Gasteiger partial charge on any atom is 0.266 e. The Kier molecular flexibility index (Phi) is 4.56. The third-order valence-corrected chi connectivity index (χ3v) is 5.89. The van der Waals surface area contributed by atoms with Crippen molar-refractivity contribution in [3.8, 4) is 28.6 Å². The molecule has 0 aliphatic carbocycles. The second-order valence-corrected chi connectivity index (χ2v) is 7.96. The van der Waals surface area contributed by atoms with E-state index in [4.69, 9.17) is 10.5 Å². The highest BCUT2D eigenvalue weighted by Gasteiger charge is 2.25. The first kappa shape index (κ1) is 20.5. The first-order valence-corrected chi connectivity index (χ1v) is 10.2. The van der Waals surface area contributed by atoms with E-state index in [0.717, 1.165) is 0 Å². The van der Waals surface area contributed by atoms with Gasteiger partial charge in [0.1, 0.15) is 23.7 Å². The van der Waals surface area contributed by atoms with Crippen LogP contribution in [0.1, 0.15) is 35.7 Å². The molecule has 2 bridgehead atoms. The van der Waals surface area contributed by atoms with Crippen molar-refractivity contribution in [2.75, 3.05) is 5.73 Å². The smallest absolute Gasteiger partial charge is 0.266 e. The molecule has 2 N–H and O–H groups in total. The van der Waals surface area contributed by atoms with Gasteiger partial charge in [0.05, 0.1) is 17.1 Å². The molecule has 1 aromatic carbocycles. The molecular weight excluding hydrogens is 425 g/mol. The Bertz CT molecular complexity index is 1520. The molecule has 0 saturated heterocycles. The van der Waals surface area contributed by atoms with Gasteiger partial charge in [-0.25, -0.2) is 14.1 Å². The summed E-state index contributed by atoms with van der Waals surface area (Å²) in [5.41, 5.74) is 9.74. The molecule has 0 unspecified atom stereocenters. The van der Waals surface area contributed by atoms with Gasteiger partial charge in [-0.05, 0) is 31.2 Å². The molecular formula is C23H20FN7O2. The van der Waals surface area contributed by atoms with Gasteiger partial charge in [-0.3, -0.25) is 14.2 Å². The van der Waals surface area contributed by atoms with E-state index in [1.165, 1.54) is 27.6 Å². The van der Waals surface area contributed by atoms with Gasteiger partial charge in [0.15, 0.2) is 11.6 Å². The molecule has 9 nitrogen and oxygen atoms in total. The Labute approximate surface area is 188 Å². The van der Waals surface area contributed by atoms with Crippen LogP contribution in [0.5, 0.6) is 5.75 Å². The number of nitrogen functional groups attached to an aromatic ring is 1. The number of hydrogen-bond donors (Lipinski definition) is 1. The number of nitriles is 1. The van der Waals surface area contributed by atoms with Crippen LogP contribution in [0, 0.1) is 17.1 Å². The minimum absolute atomic E-state index is 0.165. The lowest BCUT2D eigenvalue weighted by Gasteiger charge is -2.23. The number of rotatable bonds is 0. The van der Waals surface area contributed by atoms with E-state index in [1.807, 2.05) is 0 Å². The molecule has 33 heavy (non-hydrogen) atoms. The largest absolute Gasteiger partial charge is 0.482 e. The van der Waals surface area contributed by atoms with Crippen molar-refractivity contribution in [2.45, 2.75) is 19.4 Å². The van der Waals surface area contributed by atoms with E-state index in [-0.39, 0.29) is 17.8 Å². The molecule has 4 heterocycles. The zero-order chi connectivity index (χ0) is 23.4. The second kappa shape index (κ2) is 7.34. The summed E-state index contributed by atoms with van der Waals surface area (Å²) in [6, 6.07) is 9.74. The third kappa shape index (κ3) is 3.17. The van der Waals surface area contributed by atoms with Crippen LogP contribution in [0.25, 0.3) is 16.8 Å². The summed E-state index contributed by atoms with van der Waals surface area (Å²) in [6.07, 6.45) is 1.20. The Balaban J connectivity index is 1.88. The maximum absolute atomic E-state index is 14.3. The lowest BCUT2D eigenvalue weighted by atomic mass is 10.0. The number of fused-ring (bicyclic) bond motifs is 7. The molecule has 5 rings (SSSR count). The topological polar surface area (TPSA) is 117 Å². The van der Waals surface area contributed by atoms with E-state index in [0.29, 0.717) is 45.2 Å². The highest BCUT2D eigenvalue weighted by Crippen LogP contribution is 2.36. The van der Waals surface area contributed by atoms with Crippen molar-refractivity contribution in [3.63, 3.8) is 0 Å². The fourth-order valence-electron chi connectivity index (χ4n) is 4.32. The van der Waals surface area contributed by atoms with Gasteiger partial charge < -0.3 is 10.5 Å². The predicted molar refractivity (Wildman–Crippen MR) is 118 cm³/mol. The summed E-state index contributed by atoms with van der Waals surface area (Å²) >= 11 is 0. The van der Waals surface area contributed by atoms with Gasteiger partial charge in [0.2, 0.25) is 0 Å². The van der Waals surface area contributed by atoms with Gasteiger partial charge in [0, 0.05) is 49.5 Å². The Morgan fingerprint density at radius 3 is 2.82 bits per heavy atom. The highest BCUT2D eigenvalue weighted by molar-refractivity contribution is 5.74. The number of benzene rings is 1. The number of aromatic nitrogens is 5. The average Bonchev–Trinajstić information content (AvgIpc) is 3.24. The lowest BCUT2D eigenvalue weighted by molar-refractivity contribution is 0.226. The zero-order valence-corrected chi connectivity index (χ0v) is 18.2. The molecule has 166 valence electrons. The minimum Gasteiger partial charge on any atom is -0.482 e. The summed E-state index contributed by atoms with van der Waals surface area (Å²) in [6.45, 7) is 1.77. The van der Waals surface area contributed by atoms with E-state index in [1.54, 1.807) is 44.0 Å². The number of halogens is 1. The maximum atomic E-state index is 14.3. The van der Waals surface area contributed by atoms with Crippen LogP contribution in [0.2, 0.25) is 0 Å². The van der Waals surface area contributed by atoms with Crippen LogP contribution in [0.4, 0.5) is 10.2 Å². The molecule has 1 aliphatic rings. The van der Waals surface area contributed by atoms with Crippen molar-refractivity contribution in [3.05, 3.63) is 75.3 Å². The van der Waals surface area contributed by atoms with Crippen molar-refractivity contribution >= 4 is 5.82 Å². The van der Waals surface area contributed by atoms with Gasteiger partial charge >= 0.3 is 0 Å². The third-order valence-electron chi connectivity index (χ3n) is 5.89. The van der Waals surface area contributed by atoms with Crippen molar-refractivity contribution in [1.82, 2.24) is 24.1 Å². The van der Waals surface area contributed by atoms with E-state index in [9.17, 15) is 14.4 Å². The normalized spacial score (nSPS) is 14.7. The van der Waals surface area contributed by atoms with E-state index < -0.39 is 11.9 Å². The summed E-state index contributed by atoms with van der Waals surface area (Å²) in [5.74, 6) is 0.0373. The summed E-state index contributed by atoms with van der Waals surface area (Å²) < 4.78 is 25.1. The van der Waals surface area contributed by atoms with Crippen LogP contribution >= 0.6 is 0 Å². The van der Waals surface area contributed by atoms with Gasteiger partial charge in [-0.15, -0.1) is 0 Å². The molecule has 1 aliphatic heterocycles. The monoisotopic (exact) mass is 445 g/mol. The molecule has 0 amide bonds. The van der Waals surface area contributed by atoms with Crippen LogP contribution in [-0.2, 0) is 20.5 Å². The van der Waals surface area contributed by atoms with Gasteiger partial charge in [0.25, 0.3) is 5.56 Å². The Morgan fingerprint density at radius 1 is 1.27 bits per heavy atom. The minimum atomic E-state index is -0.622. The number of hydrogen-bond acceptors (Lipinski definition) is 6. The van der Waals surface area contributed by atoms with Crippen LogP contribution in [-0.4, -0.2) is 24.1 Å². The Morgan fingerprint density at radius 2 is 2.06 bits per heavy atom. The van der Waals surface area contributed by atoms with Crippen molar-refractivity contribution < 1.29 is 9.13 Å². The number of ether oxygens (including phenoxy) is 1. The standard InChI is InChI=1S/C23H20FN7O2/c1-12-16-7-14(24)4-5-18(16)31-15(9-21(32)30(31)3)8-17-22(19(10-25)29(2)28-17)13-6-20(33-12)23(26)27-11-13/h4-7,9,11-12H,8H2,1-3H3,(H2,26,27)/t12-/m1/s1. The number of pyridine rings is 1. The van der Waals surface area contributed by atoms with Gasteiger partial charge in [-0.1, -0.05) is 0 Å². The van der Waals surface area contributed by atoms with Crippen molar-refractivity contribution in [2.24, 2.45) is 14.1 Å². The van der Waals surface area contributed by atoms with Crippen LogP contribution in [0.3, 0.4) is 0 Å². The lowest BCUT2D eigenvalue weighted by Crippen LogP contribution is -2.21. The molecule has 10 heteroatoms. The number of nitrogens with two attached hydrogens (primary N) is 1. The molecule has 1 atom stereocenters. The fraction of sp³-hybridized carbons (Fsp3) is 0.217. The summed E-state index contributed by atoms with van der Waals surface area (Å²) in [5, 5.41) is 14.4. The molecule has 0 saturated carbocycles. The quantitative estimate of drug-likeness (QED) is 0.445. The zero-order valence-electron chi connectivity index (χ0n) is 18.2. The molecule has 3 aromatic heterocycles. The highest BCUT2D eigenvalue weighted by atomic mass is 19.1. The van der Waals surface area contributed by atoms with E-state index in [2.05, 4.69) is 16.2 Å². The average molecular weight is 445 g/mol. The first-order chi connectivity index (χ1) is 15.8. The van der Waals surface area contributed by atoms with Gasteiger partial charge in [-0.2, -0.15) is 10.4 Å². The SMILES string of the molecule is C[C@H]1Oc2cc(cnc2N)-c2c(nn(C)c2C#N)Cc2cc(=O)n(C)n2-c2ccc(F)cc21. The molecule has 0 spiro atoms. The number of aryl methyl sites for hydroxylation is 1. The summed E-state index contributed by atoms with van der Waals surface area (Å²) in [7, 11) is 3.32. The van der Waals surface area contributed by atoms with E-state index >= 15 is 0 Å². The van der Waals surface area contributed by atoms with Crippen LogP contribution < -0.4 is 16.0 Å². The van der Waals surface area contributed by atoms with Crippen LogP contribution in [0.15, 0.2) is 41.3 Å². The first-order valence-electron chi connectivity index (χ1n) is 10.2. The number of nitrogens with zero attached hydrogens (tertiary/aromatic N) is 6.